The Bertz CT molecular complexity index is 1310. The molecule has 1 aliphatic carbocycles. The van der Waals surface area contributed by atoms with E-state index < -0.39 is 0 Å². The topological polar surface area (TPSA) is 103 Å². The van der Waals surface area contributed by atoms with Crippen molar-refractivity contribution in [3.05, 3.63) is 51.1 Å². The molecule has 1 aliphatic rings. The van der Waals surface area contributed by atoms with Gasteiger partial charge in [-0.15, -0.1) is 16.4 Å². The fraction of sp³-hybridized carbons (Fsp3) is 0.250. The summed E-state index contributed by atoms with van der Waals surface area (Å²) in [6.07, 6.45) is 3.05. The van der Waals surface area contributed by atoms with E-state index in [4.69, 9.17) is 4.42 Å². The van der Waals surface area contributed by atoms with Gasteiger partial charge in [-0.25, -0.2) is 4.98 Å². The Kier molecular flexibility index (Phi) is 4.87. The summed E-state index contributed by atoms with van der Waals surface area (Å²) in [6, 6.07) is 9.35. The summed E-state index contributed by atoms with van der Waals surface area (Å²) in [5.41, 5.74) is 1.88. The summed E-state index contributed by atoms with van der Waals surface area (Å²) >= 11 is 2.79. The quantitative estimate of drug-likeness (QED) is 0.376. The van der Waals surface area contributed by atoms with E-state index in [1.807, 2.05) is 30.3 Å². The molecule has 0 aliphatic heterocycles. The summed E-state index contributed by atoms with van der Waals surface area (Å²) in [5.74, 6) is 0.0880. The Labute approximate surface area is 179 Å². The zero-order valence-corrected chi connectivity index (χ0v) is 17.7. The molecule has 1 aromatic carbocycles. The second-order valence-electron chi connectivity index (χ2n) is 6.91. The van der Waals surface area contributed by atoms with Crippen LogP contribution in [0.25, 0.3) is 21.7 Å². The number of anilines is 1. The molecule has 0 radical (unpaired) electrons. The Balaban J connectivity index is 1.29. The normalized spacial score (nSPS) is 13.0. The molecule has 3 aromatic heterocycles. The van der Waals surface area contributed by atoms with Crippen LogP contribution in [0.1, 0.15) is 16.9 Å². The zero-order valence-electron chi connectivity index (χ0n) is 16.0. The highest BCUT2D eigenvalue weighted by atomic mass is 32.2. The highest BCUT2D eigenvalue weighted by Crippen LogP contribution is 2.35. The first-order valence-electron chi connectivity index (χ1n) is 9.43. The monoisotopic (exact) mass is 439 g/mol. The van der Waals surface area contributed by atoms with E-state index in [1.54, 1.807) is 18.4 Å². The Morgan fingerprint density at radius 1 is 1.27 bits per heavy atom. The Morgan fingerprint density at radius 3 is 2.93 bits per heavy atom. The third kappa shape index (κ3) is 3.41. The van der Waals surface area contributed by atoms with Crippen LogP contribution in [-0.4, -0.2) is 31.4 Å². The van der Waals surface area contributed by atoms with Crippen molar-refractivity contribution in [1.82, 2.24) is 19.7 Å². The van der Waals surface area contributed by atoms with Crippen LogP contribution in [0.2, 0.25) is 0 Å². The number of thiophene rings is 1. The van der Waals surface area contributed by atoms with Gasteiger partial charge in [-0.3, -0.25) is 19.5 Å². The minimum Gasteiger partial charge on any atom is -0.403 e. The van der Waals surface area contributed by atoms with Crippen LogP contribution < -0.4 is 10.9 Å². The number of fused-ring (bicyclic) bond motifs is 3. The van der Waals surface area contributed by atoms with Gasteiger partial charge in [0.1, 0.15) is 4.83 Å². The van der Waals surface area contributed by atoms with Crippen molar-refractivity contribution in [2.24, 2.45) is 7.05 Å². The van der Waals surface area contributed by atoms with Crippen LogP contribution in [0.3, 0.4) is 0 Å². The van der Waals surface area contributed by atoms with Crippen LogP contribution in [0, 0.1) is 0 Å². The Hall–Kier alpha value is -2.98. The molecule has 10 heteroatoms. The van der Waals surface area contributed by atoms with Crippen molar-refractivity contribution >= 4 is 45.2 Å². The molecule has 152 valence electrons. The van der Waals surface area contributed by atoms with Gasteiger partial charge in [-0.2, -0.15) is 0 Å². The highest BCUT2D eigenvalue weighted by Gasteiger charge is 2.22. The first-order chi connectivity index (χ1) is 14.6. The fourth-order valence-corrected chi connectivity index (χ4v) is 5.57. The molecule has 1 amide bonds. The first-order valence-corrected chi connectivity index (χ1v) is 11.2. The molecule has 4 aromatic rings. The number of rotatable bonds is 5. The molecule has 0 saturated carbocycles. The molecule has 3 heterocycles. The van der Waals surface area contributed by atoms with E-state index in [0.29, 0.717) is 11.0 Å². The number of hydrogen-bond donors (Lipinski definition) is 1. The summed E-state index contributed by atoms with van der Waals surface area (Å²) in [4.78, 5) is 31.8. The fourth-order valence-electron chi connectivity index (χ4n) is 3.49. The number of amides is 1. The van der Waals surface area contributed by atoms with Crippen molar-refractivity contribution < 1.29 is 9.21 Å². The molecule has 30 heavy (non-hydrogen) atoms. The molecule has 0 spiro atoms. The van der Waals surface area contributed by atoms with Crippen molar-refractivity contribution in [2.45, 2.75) is 24.4 Å². The van der Waals surface area contributed by atoms with E-state index >= 15 is 0 Å². The summed E-state index contributed by atoms with van der Waals surface area (Å²) in [6.45, 7) is 0. The standard InChI is InChI=1S/C20H17N5O3S2/c1-25-18(27)15-12-8-5-9-13(12)30-17(15)22-20(25)29-10-14(26)21-19-24-23-16(28-19)11-6-3-2-4-7-11/h2-4,6-7H,5,8-10H2,1H3,(H,21,24,26). The Morgan fingerprint density at radius 2 is 2.10 bits per heavy atom. The van der Waals surface area contributed by atoms with Crippen molar-refractivity contribution in [3.8, 4) is 11.5 Å². The van der Waals surface area contributed by atoms with E-state index in [-0.39, 0.29) is 23.2 Å². The van der Waals surface area contributed by atoms with Gasteiger partial charge in [-0.05, 0) is 37.0 Å². The molecular formula is C20H17N5O3S2. The lowest BCUT2D eigenvalue weighted by Gasteiger charge is -2.07. The van der Waals surface area contributed by atoms with Gasteiger partial charge in [0.2, 0.25) is 11.8 Å². The number of thioether (sulfide) groups is 1. The average Bonchev–Trinajstić information content (AvgIpc) is 3.46. The van der Waals surface area contributed by atoms with Gasteiger partial charge in [0.15, 0.2) is 5.16 Å². The predicted molar refractivity (Wildman–Crippen MR) is 116 cm³/mol. The molecule has 0 unspecified atom stereocenters. The van der Waals surface area contributed by atoms with E-state index in [0.717, 1.165) is 40.6 Å². The lowest BCUT2D eigenvalue weighted by atomic mass is 10.2. The number of aryl methyl sites for hydroxylation is 2. The smallest absolute Gasteiger partial charge is 0.322 e. The van der Waals surface area contributed by atoms with Gasteiger partial charge in [-0.1, -0.05) is 35.1 Å². The minimum absolute atomic E-state index is 0.0337. The van der Waals surface area contributed by atoms with Crippen molar-refractivity contribution in [1.29, 1.82) is 0 Å². The van der Waals surface area contributed by atoms with Crippen LogP contribution in [0.4, 0.5) is 6.01 Å². The third-order valence-electron chi connectivity index (χ3n) is 4.93. The zero-order chi connectivity index (χ0) is 20.7. The van der Waals surface area contributed by atoms with E-state index in [9.17, 15) is 9.59 Å². The largest absolute Gasteiger partial charge is 0.403 e. The van der Waals surface area contributed by atoms with Crippen LogP contribution >= 0.6 is 23.1 Å². The second kappa shape index (κ2) is 7.69. The lowest BCUT2D eigenvalue weighted by Crippen LogP contribution is -2.21. The van der Waals surface area contributed by atoms with Gasteiger partial charge < -0.3 is 4.42 Å². The molecule has 8 nitrogen and oxygen atoms in total. The molecule has 5 rings (SSSR count). The maximum Gasteiger partial charge on any atom is 0.322 e. The SMILES string of the molecule is Cn1c(SCC(=O)Nc2nnc(-c3ccccc3)o2)nc2sc3c(c2c1=O)CCC3. The molecular weight excluding hydrogens is 422 g/mol. The number of nitrogens with zero attached hydrogens (tertiary/aromatic N) is 4. The maximum absolute atomic E-state index is 12.8. The van der Waals surface area contributed by atoms with Crippen molar-refractivity contribution in [3.63, 3.8) is 0 Å². The molecule has 0 bridgehead atoms. The summed E-state index contributed by atoms with van der Waals surface area (Å²) in [5, 5.41) is 11.7. The van der Waals surface area contributed by atoms with Gasteiger partial charge in [0, 0.05) is 17.5 Å². The highest BCUT2D eigenvalue weighted by molar-refractivity contribution is 7.99. The third-order valence-corrected chi connectivity index (χ3v) is 7.15. The van der Waals surface area contributed by atoms with Gasteiger partial charge in [0.25, 0.3) is 5.56 Å². The number of hydrogen-bond acceptors (Lipinski definition) is 8. The van der Waals surface area contributed by atoms with Crippen molar-refractivity contribution in [2.75, 3.05) is 11.1 Å². The van der Waals surface area contributed by atoms with Gasteiger partial charge in [0.05, 0.1) is 11.1 Å². The number of benzene rings is 1. The summed E-state index contributed by atoms with van der Waals surface area (Å²) < 4.78 is 7.01. The second-order valence-corrected chi connectivity index (χ2v) is 8.94. The number of carbonyl (C=O) groups excluding carboxylic acids is 1. The summed E-state index contributed by atoms with van der Waals surface area (Å²) in [7, 11) is 1.69. The lowest BCUT2D eigenvalue weighted by molar-refractivity contribution is -0.113. The average molecular weight is 440 g/mol. The number of nitrogens with one attached hydrogen (secondary N) is 1. The molecule has 0 atom stereocenters. The van der Waals surface area contributed by atoms with Crippen LogP contribution in [0.5, 0.6) is 0 Å². The predicted octanol–water partition coefficient (Wildman–Crippen LogP) is 3.26. The van der Waals surface area contributed by atoms with Crippen LogP contribution in [0.15, 0.2) is 44.7 Å². The van der Waals surface area contributed by atoms with Gasteiger partial charge >= 0.3 is 6.01 Å². The van der Waals surface area contributed by atoms with E-state index in [1.165, 1.54) is 21.2 Å². The van der Waals surface area contributed by atoms with Crippen LogP contribution in [-0.2, 0) is 24.7 Å². The number of aromatic nitrogens is 4. The minimum atomic E-state index is -0.314. The number of carbonyl (C=O) groups is 1. The molecule has 0 fully saturated rings. The maximum atomic E-state index is 12.8. The first kappa shape index (κ1) is 19.0. The molecule has 0 saturated heterocycles. The van der Waals surface area contributed by atoms with E-state index in [2.05, 4.69) is 20.5 Å². The molecule has 1 N–H and O–H groups in total.